The second-order valence-electron chi connectivity index (χ2n) is 8.56. The van der Waals surface area contributed by atoms with Crippen molar-refractivity contribution in [3.8, 4) is 5.69 Å². The number of aryl methyl sites for hydroxylation is 1. The molecule has 3 aromatic rings. The zero-order valence-electron chi connectivity index (χ0n) is 21.6. The lowest BCUT2D eigenvalue weighted by Gasteiger charge is -2.19. The number of carbonyl (C=O) groups is 1. The Balaban J connectivity index is 1.97. The van der Waals surface area contributed by atoms with Gasteiger partial charge in [-0.1, -0.05) is 50.1 Å². The lowest BCUT2D eigenvalue weighted by molar-refractivity contribution is -0.116. The fraction of sp³-hybridized carbons (Fsp3) is 0.345. The maximum atomic E-state index is 13.6. The maximum absolute atomic E-state index is 13.6. The number of nitrogens with zero attached hydrogens (tertiary/aromatic N) is 3. The van der Waals surface area contributed by atoms with Crippen molar-refractivity contribution < 1.29 is 4.79 Å². The van der Waals surface area contributed by atoms with Crippen molar-refractivity contribution in [2.24, 2.45) is 0 Å². The fourth-order valence-electron chi connectivity index (χ4n) is 3.87. The fourth-order valence-corrected chi connectivity index (χ4v) is 4.56. The molecule has 5 nitrogen and oxygen atoms in total. The topological polar surface area (TPSA) is 59.8 Å². The molecule has 3 rings (SSSR count). The third-order valence-electron chi connectivity index (χ3n) is 6.01. The number of allylic oxidation sites excluding steroid dienone is 2. The van der Waals surface area contributed by atoms with Crippen LogP contribution < -0.4 is 5.32 Å². The Bertz CT molecular complexity index is 1210. The zero-order valence-corrected chi connectivity index (χ0v) is 22.4. The Morgan fingerprint density at radius 1 is 1.14 bits per heavy atom. The van der Waals surface area contributed by atoms with Gasteiger partial charge in [0, 0.05) is 28.4 Å². The van der Waals surface area contributed by atoms with Crippen LogP contribution >= 0.6 is 11.8 Å². The van der Waals surface area contributed by atoms with E-state index in [-0.39, 0.29) is 11.9 Å². The largest absolute Gasteiger partial charge is 0.345 e. The number of aromatic nitrogens is 3. The molecule has 1 unspecified atom stereocenters. The first-order chi connectivity index (χ1) is 16.9. The van der Waals surface area contributed by atoms with E-state index in [2.05, 4.69) is 86.4 Å². The van der Waals surface area contributed by atoms with Gasteiger partial charge in [0.25, 0.3) is 5.91 Å². The highest BCUT2D eigenvalue weighted by Crippen LogP contribution is 2.28. The van der Waals surface area contributed by atoms with Crippen LogP contribution in [0, 0.1) is 6.92 Å². The predicted octanol–water partition coefficient (Wildman–Crippen LogP) is 7.17. The van der Waals surface area contributed by atoms with Crippen LogP contribution in [-0.4, -0.2) is 26.4 Å². The van der Waals surface area contributed by atoms with Crippen molar-refractivity contribution in [2.75, 3.05) is 5.75 Å². The molecule has 0 bridgehead atoms. The molecule has 1 amide bonds. The molecular formula is C29H36N4OS. The average molecular weight is 489 g/mol. The number of nitrogens with one attached hydrogen (secondary N) is 1. The molecular weight excluding hydrogens is 452 g/mol. The van der Waals surface area contributed by atoms with Crippen LogP contribution in [0.1, 0.15) is 75.9 Å². The number of hydrogen-bond donors (Lipinski definition) is 1. The van der Waals surface area contributed by atoms with Gasteiger partial charge in [-0.25, -0.2) is 4.68 Å². The van der Waals surface area contributed by atoms with E-state index in [0.29, 0.717) is 5.57 Å². The summed E-state index contributed by atoms with van der Waals surface area (Å²) in [6.45, 7) is 12.4. The van der Waals surface area contributed by atoms with E-state index >= 15 is 0 Å². The molecule has 1 atom stereocenters. The van der Waals surface area contributed by atoms with Crippen LogP contribution in [0.2, 0.25) is 0 Å². The highest BCUT2D eigenvalue weighted by molar-refractivity contribution is 7.99. The monoisotopic (exact) mass is 488 g/mol. The second kappa shape index (κ2) is 12.5. The third kappa shape index (κ3) is 6.51. The van der Waals surface area contributed by atoms with Gasteiger partial charge in [0.1, 0.15) is 0 Å². The van der Waals surface area contributed by atoms with E-state index in [1.165, 1.54) is 11.1 Å². The summed E-state index contributed by atoms with van der Waals surface area (Å²) in [5.74, 6) is 0.871. The smallest absolute Gasteiger partial charge is 0.252 e. The summed E-state index contributed by atoms with van der Waals surface area (Å²) in [4.78, 5) is 19.1. The molecule has 184 valence electrons. The Labute approximate surface area is 213 Å². The normalized spacial score (nSPS) is 13.1. The van der Waals surface area contributed by atoms with Gasteiger partial charge in [-0.3, -0.25) is 9.78 Å². The molecule has 1 N–H and O–H groups in total. The first-order valence-electron chi connectivity index (χ1n) is 12.3. The molecule has 0 spiro atoms. The average Bonchev–Trinajstić information content (AvgIpc) is 3.26. The van der Waals surface area contributed by atoms with E-state index in [4.69, 9.17) is 0 Å². The Hall–Kier alpha value is -3.12. The van der Waals surface area contributed by atoms with Gasteiger partial charge in [-0.15, -0.1) is 11.8 Å². The second-order valence-corrected chi connectivity index (χ2v) is 9.90. The van der Waals surface area contributed by atoms with E-state index in [1.807, 2.05) is 30.1 Å². The molecule has 0 aliphatic heterocycles. The maximum Gasteiger partial charge on any atom is 0.252 e. The summed E-state index contributed by atoms with van der Waals surface area (Å²) >= 11 is 1.75. The number of pyridine rings is 1. The van der Waals surface area contributed by atoms with Crippen LogP contribution in [0.3, 0.4) is 0 Å². The molecule has 2 aromatic heterocycles. The number of amides is 1. The molecule has 0 saturated carbocycles. The Morgan fingerprint density at radius 2 is 1.89 bits per heavy atom. The molecule has 2 heterocycles. The van der Waals surface area contributed by atoms with E-state index < -0.39 is 0 Å². The predicted molar refractivity (Wildman–Crippen MR) is 148 cm³/mol. The van der Waals surface area contributed by atoms with Crippen LogP contribution in [0.4, 0.5) is 0 Å². The summed E-state index contributed by atoms with van der Waals surface area (Å²) in [6.07, 6.45) is 11.2. The molecule has 0 fully saturated rings. The molecule has 0 aliphatic carbocycles. The highest BCUT2D eigenvalue weighted by Gasteiger charge is 2.22. The summed E-state index contributed by atoms with van der Waals surface area (Å²) < 4.78 is 1.91. The SMILES string of the molecule is C/C=C(/C(=O)NC(CC)c1cncc(SCC)c1)c1cnn(-c2ccc(C)cc2)c1/C=C(\C)CC. The van der Waals surface area contributed by atoms with Crippen molar-refractivity contribution in [2.45, 2.75) is 65.3 Å². The minimum atomic E-state index is -0.120. The first-order valence-corrected chi connectivity index (χ1v) is 13.3. The molecule has 0 aliphatic rings. The van der Waals surface area contributed by atoms with Crippen molar-refractivity contribution in [3.05, 3.63) is 83.0 Å². The molecule has 0 saturated heterocycles. The quantitative estimate of drug-likeness (QED) is 0.243. The highest BCUT2D eigenvalue weighted by atomic mass is 32.2. The minimum Gasteiger partial charge on any atom is -0.345 e. The summed E-state index contributed by atoms with van der Waals surface area (Å²) in [7, 11) is 0. The molecule has 35 heavy (non-hydrogen) atoms. The number of thioether (sulfide) groups is 1. The summed E-state index contributed by atoms with van der Waals surface area (Å²) in [5, 5.41) is 7.92. The van der Waals surface area contributed by atoms with Gasteiger partial charge in [0.15, 0.2) is 0 Å². The number of carbonyl (C=O) groups excluding carboxylic acids is 1. The molecule has 1 aromatic carbocycles. The van der Waals surface area contributed by atoms with Crippen molar-refractivity contribution in [1.82, 2.24) is 20.1 Å². The summed E-state index contributed by atoms with van der Waals surface area (Å²) in [5.41, 5.74) is 6.75. The standard InChI is InChI=1S/C29H36N4OS/c1-7-20(5)15-28-26(19-31-33(28)23-13-11-21(6)12-14-23)25(8-2)29(34)32-27(9-3)22-16-24(35-10-4)18-30-17-22/h8,11-19,27H,7,9-10H2,1-6H3,(H,32,34)/b20-15+,25-8+. The number of hydrogen-bond acceptors (Lipinski definition) is 4. The van der Waals surface area contributed by atoms with E-state index in [1.54, 1.807) is 18.0 Å². The van der Waals surface area contributed by atoms with Crippen LogP contribution in [0.25, 0.3) is 17.3 Å². The Morgan fingerprint density at radius 3 is 2.51 bits per heavy atom. The van der Waals surface area contributed by atoms with Gasteiger partial charge in [0.2, 0.25) is 0 Å². The minimum absolute atomic E-state index is 0.111. The first kappa shape index (κ1) is 26.5. The van der Waals surface area contributed by atoms with Gasteiger partial charge >= 0.3 is 0 Å². The van der Waals surface area contributed by atoms with Gasteiger partial charge in [0.05, 0.1) is 23.6 Å². The van der Waals surface area contributed by atoms with Gasteiger partial charge in [-0.05, 0) is 69.2 Å². The zero-order chi connectivity index (χ0) is 25.4. The van der Waals surface area contributed by atoms with Crippen LogP contribution in [-0.2, 0) is 4.79 Å². The Kier molecular flexibility index (Phi) is 9.49. The molecule has 6 heteroatoms. The number of benzene rings is 1. The third-order valence-corrected chi connectivity index (χ3v) is 6.86. The van der Waals surface area contributed by atoms with Crippen molar-refractivity contribution in [1.29, 1.82) is 0 Å². The van der Waals surface area contributed by atoms with Crippen molar-refractivity contribution in [3.63, 3.8) is 0 Å². The summed E-state index contributed by atoms with van der Waals surface area (Å²) in [6, 6.07) is 10.3. The van der Waals surface area contributed by atoms with Crippen LogP contribution in [0.15, 0.2) is 65.5 Å². The van der Waals surface area contributed by atoms with Gasteiger partial charge in [-0.2, -0.15) is 5.10 Å². The van der Waals surface area contributed by atoms with Crippen LogP contribution in [0.5, 0.6) is 0 Å². The molecule has 0 radical (unpaired) electrons. The van der Waals surface area contributed by atoms with E-state index in [0.717, 1.165) is 46.0 Å². The van der Waals surface area contributed by atoms with Gasteiger partial charge < -0.3 is 5.32 Å². The lowest BCUT2D eigenvalue weighted by atomic mass is 10.0. The van der Waals surface area contributed by atoms with E-state index in [9.17, 15) is 4.79 Å². The van der Waals surface area contributed by atoms with Crippen molar-refractivity contribution >= 4 is 29.3 Å². The lowest BCUT2D eigenvalue weighted by Crippen LogP contribution is -2.29. The number of rotatable bonds is 10.